The van der Waals surface area contributed by atoms with Crippen LogP contribution in [0.5, 0.6) is 5.75 Å². The van der Waals surface area contributed by atoms with Crippen molar-refractivity contribution in [3.05, 3.63) is 63.3 Å². The van der Waals surface area contributed by atoms with Crippen LogP contribution in [0, 0.1) is 6.92 Å². The van der Waals surface area contributed by atoms with E-state index in [9.17, 15) is 9.90 Å². The number of aromatic hydroxyl groups is 1. The Bertz CT molecular complexity index is 1170. The summed E-state index contributed by atoms with van der Waals surface area (Å²) in [4.78, 5) is 16.5. The van der Waals surface area contributed by atoms with Crippen molar-refractivity contribution in [2.24, 2.45) is 5.73 Å². The minimum atomic E-state index is -0.0998. The maximum atomic E-state index is 12.5. The summed E-state index contributed by atoms with van der Waals surface area (Å²) in [6, 6.07) is 11.7. The van der Waals surface area contributed by atoms with Crippen molar-refractivity contribution in [3.63, 3.8) is 0 Å². The van der Waals surface area contributed by atoms with E-state index >= 15 is 0 Å². The van der Waals surface area contributed by atoms with Gasteiger partial charge in [-0.1, -0.05) is 31.2 Å². The van der Waals surface area contributed by atoms with E-state index < -0.39 is 0 Å². The highest BCUT2D eigenvalue weighted by atomic mass is 32.1. The number of fused-ring (bicyclic) bond motifs is 3. The van der Waals surface area contributed by atoms with Gasteiger partial charge >= 0.3 is 0 Å². The Morgan fingerprint density at radius 1 is 1.19 bits per heavy atom. The molecule has 0 saturated heterocycles. The summed E-state index contributed by atoms with van der Waals surface area (Å²) in [6.45, 7) is 4.60. The molecule has 4 rings (SSSR count). The van der Waals surface area contributed by atoms with Crippen LogP contribution in [0.25, 0.3) is 32.1 Å². The van der Waals surface area contributed by atoms with Gasteiger partial charge in [0, 0.05) is 21.0 Å². The quantitative estimate of drug-likeness (QED) is 0.501. The topological polar surface area (TPSA) is 79.1 Å². The van der Waals surface area contributed by atoms with Gasteiger partial charge in [-0.3, -0.25) is 4.79 Å². The normalized spacial score (nSPS) is 12.7. The van der Waals surface area contributed by atoms with Crippen LogP contribution < -0.4 is 11.3 Å². The largest absolute Gasteiger partial charge is 0.508 e. The van der Waals surface area contributed by atoms with E-state index in [-0.39, 0.29) is 11.3 Å². The standard InChI is InChI=1S/C21H20N2O2S/c1-11-7-15(24)8-16-18-17(21(25)23-19(11)16)10-26-20(18)14-5-3-13(4-6-14)12(2)9-22/h3-8,10,12,24H,9,22H2,1-2H3,(H,23,25)/t12-/m0/s1. The molecule has 5 heteroatoms. The zero-order chi connectivity index (χ0) is 18.4. The van der Waals surface area contributed by atoms with Crippen molar-refractivity contribution in [2.45, 2.75) is 19.8 Å². The molecule has 0 aliphatic heterocycles. The number of pyridine rings is 1. The SMILES string of the molecule is Cc1cc(O)cc2c1[nH]c(=O)c1csc(-c3ccc([C@@H](C)CN)cc3)c12. The van der Waals surface area contributed by atoms with E-state index in [0.717, 1.165) is 32.3 Å². The number of hydrogen-bond donors (Lipinski definition) is 3. The van der Waals surface area contributed by atoms with Crippen LogP contribution in [-0.4, -0.2) is 16.6 Å². The molecule has 0 aliphatic carbocycles. The number of thiophene rings is 1. The van der Waals surface area contributed by atoms with Crippen molar-refractivity contribution < 1.29 is 5.11 Å². The lowest BCUT2D eigenvalue weighted by atomic mass is 9.98. The highest BCUT2D eigenvalue weighted by molar-refractivity contribution is 7.15. The highest BCUT2D eigenvalue weighted by Crippen LogP contribution is 2.39. The average molecular weight is 364 g/mol. The minimum Gasteiger partial charge on any atom is -0.508 e. The van der Waals surface area contributed by atoms with Gasteiger partial charge in [0.1, 0.15) is 5.75 Å². The van der Waals surface area contributed by atoms with Gasteiger partial charge in [0.15, 0.2) is 0 Å². The van der Waals surface area contributed by atoms with E-state index in [1.807, 2.05) is 12.3 Å². The number of nitrogens with two attached hydrogens (primary N) is 1. The maximum Gasteiger partial charge on any atom is 0.257 e. The van der Waals surface area contributed by atoms with Crippen LogP contribution in [0.3, 0.4) is 0 Å². The number of rotatable bonds is 3. The number of aromatic nitrogens is 1. The molecule has 0 unspecified atom stereocenters. The fourth-order valence-electron chi connectivity index (χ4n) is 3.42. The molecule has 0 saturated carbocycles. The van der Waals surface area contributed by atoms with Gasteiger partial charge in [-0.15, -0.1) is 11.3 Å². The third-order valence-corrected chi connectivity index (χ3v) is 5.99. The van der Waals surface area contributed by atoms with Gasteiger partial charge in [-0.25, -0.2) is 0 Å². The monoisotopic (exact) mass is 364 g/mol. The molecule has 0 spiro atoms. The lowest BCUT2D eigenvalue weighted by molar-refractivity contribution is 0.476. The van der Waals surface area contributed by atoms with E-state index in [1.54, 1.807) is 23.5 Å². The zero-order valence-electron chi connectivity index (χ0n) is 14.7. The molecule has 4 nitrogen and oxygen atoms in total. The Balaban J connectivity index is 2.01. The van der Waals surface area contributed by atoms with Crippen molar-refractivity contribution >= 4 is 33.0 Å². The third-order valence-electron chi connectivity index (χ3n) is 4.96. The Hall–Kier alpha value is -2.63. The Kier molecular flexibility index (Phi) is 4.05. The molecular formula is C21H20N2O2S. The maximum absolute atomic E-state index is 12.5. The molecule has 0 aliphatic rings. The van der Waals surface area contributed by atoms with Gasteiger partial charge in [0.25, 0.3) is 5.56 Å². The Morgan fingerprint density at radius 3 is 2.62 bits per heavy atom. The lowest BCUT2D eigenvalue weighted by Crippen LogP contribution is -2.08. The number of aromatic amines is 1. The Morgan fingerprint density at radius 2 is 1.92 bits per heavy atom. The van der Waals surface area contributed by atoms with Gasteiger partial charge in [0.2, 0.25) is 0 Å². The molecule has 0 bridgehead atoms. The molecule has 0 amide bonds. The van der Waals surface area contributed by atoms with Crippen LogP contribution >= 0.6 is 11.3 Å². The number of hydrogen-bond acceptors (Lipinski definition) is 4. The first-order chi connectivity index (χ1) is 12.5. The predicted octanol–water partition coefficient (Wildman–Crippen LogP) is 4.49. The first kappa shape index (κ1) is 16.8. The fourth-order valence-corrected chi connectivity index (χ4v) is 4.49. The molecule has 2 heterocycles. The van der Waals surface area contributed by atoms with E-state index in [2.05, 4.69) is 36.2 Å². The number of benzene rings is 2. The molecule has 2 aromatic carbocycles. The lowest BCUT2D eigenvalue weighted by Gasteiger charge is -2.10. The van der Waals surface area contributed by atoms with Gasteiger partial charge < -0.3 is 15.8 Å². The second-order valence-corrected chi connectivity index (χ2v) is 7.63. The van der Waals surface area contributed by atoms with Crippen molar-refractivity contribution in [1.82, 2.24) is 4.98 Å². The van der Waals surface area contributed by atoms with E-state index in [0.29, 0.717) is 17.8 Å². The minimum absolute atomic E-state index is 0.0998. The second kappa shape index (κ2) is 6.27. The number of nitrogens with one attached hydrogen (secondary N) is 1. The van der Waals surface area contributed by atoms with E-state index in [4.69, 9.17) is 5.73 Å². The molecule has 0 fully saturated rings. The molecule has 4 aromatic rings. The van der Waals surface area contributed by atoms with Crippen LogP contribution in [0.4, 0.5) is 0 Å². The average Bonchev–Trinajstić information content (AvgIpc) is 3.08. The number of H-pyrrole nitrogens is 1. The second-order valence-electron chi connectivity index (χ2n) is 6.75. The van der Waals surface area contributed by atoms with Gasteiger partial charge in [-0.05, 0) is 48.2 Å². The first-order valence-corrected chi connectivity index (χ1v) is 9.44. The smallest absolute Gasteiger partial charge is 0.257 e. The van der Waals surface area contributed by atoms with Crippen LogP contribution in [0.15, 0.2) is 46.6 Å². The summed E-state index contributed by atoms with van der Waals surface area (Å²) < 4.78 is 0. The summed E-state index contributed by atoms with van der Waals surface area (Å²) in [5.41, 5.74) is 9.54. The zero-order valence-corrected chi connectivity index (χ0v) is 15.5. The van der Waals surface area contributed by atoms with Crippen molar-refractivity contribution in [3.8, 4) is 16.2 Å². The number of phenolic OH excluding ortho intramolecular Hbond substituents is 1. The van der Waals surface area contributed by atoms with Crippen LogP contribution in [0.1, 0.15) is 24.0 Å². The third kappa shape index (κ3) is 2.60. The van der Waals surface area contributed by atoms with Crippen molar-refractivity contribution in [2.75, 3.05) is 6.54 Å². The van der Waals surface area contributed by atoms with Gasteiger partial charge in [-0.2, -0.15) is 0 Å². The van der Waals surface area contributed by atoms with Crippen LogP contribution in [0.2, 0.25) is 0 Å². The first-order valence-electron chi connectivity index (χ1n) is 8.56. The number of phenols is 1. The summed E-state index contributed by atoms with van der Waals surface area (Å²) in [7, 11) is 0. The molecule has 1 atom stereocenters. The summed E-state index contributed by atoms with van der Waals surface area (Å²) in [5, 5.41) is 14.4. The summed E-state index contributed by atoms with van der Waals surface area (Å²) in [5.74, 6) is 0.514. The highest BCUT2D eigenvalue weighted by Gasteiger charge is 2.15. The molecular weight excluding hydrogens is 344 g/mol. The number of aryl methyl sites for hydroxylation is 1. The molecule has 132 valence electrons. The molecule has 26 heavy (non-hydrogen) atoms. The van der Waals surface area contributed by atoms with E-state index in [1.165, 1.54) is 5.56 Å². The summed E-state index contributed by atoms with van der Waals surface area (Å²) >= 11 is 1.55. The van der Waals surface area contributed by atoms with Gasteiger partial charge in [0.05, 0.1) is 10.9 Å². The Labute approximate surface area is 154 Å². The predicted molar refractivity (Wildman–Crippen MR) is 109 cm³/mol. The molecule has 4 N–H and O–H groups in total. The fraction of sp³-hybridized carbons (Fsp3) is 0.190. The van der Waals surface area contributed by atoms with Crippen LogP contribution in [-0.2, 0) is 0 Å². The van der Waals surface area contributed by atoms with Crippen molar-refractivity contribution in [1.29, 1.82) is 0 Å². The molecule has 2 aromatic heterocycles. The molecule has 0 radical (unpaired) electrons. The summed E-state index contributed by atoms with van der Waals surface area (Å²) in [6.07, 6.45) is 0.